The Labute approximate surface area is 199 Å². The summed E-state index contributed by atoms with van der Waals surface area (Å²) in [5.41, 5.74) is 2.78. The maximum Gasteiger partial charge on any atom is 0.339 e. The number of pyridine rings is 1. The first-order valence-electron chi connectivity index (χ1n) is 11.9. The standard InChI is InChI=1S/C29H28N2O3/c1-19-9-7-10-20(2)31(19)28(32)18-34-29(33)25-17-27(30-26-16-6-5-14-24(25)26)23-15-8-12-21-11-3-4-13-22(21)23/h3-6,8,11-17,19-20H,7,9-10,18H2,1-2H3/t19-,20-/m1/s1. The molecule has 2 atom stereocenters. The Morgan fingerprint density at radius 2 is 1.59 bits per heavy atom. The third kappa shape index (κ3) is 4.14. The highest BCUT2D eigenvalue weighted by atomic mass is 16.5. The predicted octanol–water partition coefficient (Wildman–Crippen LogP) is 6.00. The first kappa shape index (κ1) is 22.1. The average molecular weight is 453 g/mol. The highest BCUT2D eigenvalue weighted by molar-refractivity contribution is 6.06. The molecule has 0 N–H and O–H groups in total. The van der Waals surface area contributed by atoms with Crippen LogP contribution in [0.5, 0.6) is 0 Å². The van der Waals surface area contributed by atoms with Crippen molar-refractivity contribution in [2.45, 2.75) is 45.2 Å². The molecule has 0 unspecified atom stereocenters. The van der Waals surface area contributed by atoms with E-state index in [4.69, 9.17) is 9.72 Å². The van der Waals surface area contributed by atoms with Crippen molar-refractivity contribution in [3.63, 3.8) is 0 Å². The van der Waals surface area contributed by atoms with Crippen LogP contribution in [0.15, 0.2) is 72.8 Å². The van der Waals surface area contributed by atoms with Crippen LogP contribution >= 0.6 is 0 Å². The van der Waals surface area contributed by atoms with Gasteiger partial charge >= 0.3 is 5.97 Å². The number of likely N-dealkylation sites (tertiary alicyclic amines) is 1. The van der Waals surface area contributed by atoms with Crippen molar-refractivity contribution in [3.05, 3.63) is 78.4 Å². The third-order valence-electron chi connectivity index (χ3n) is 6.81. The first-order valence-corrected chi connectivity index (χ1v) is 11.9. The number of para-hydroxylation sites is 1. The largest absolute Gasteiger partial charge is 0.452 e. The number of carbonyl (C=O) groups is 2. The first-order chi connectivity index (χ1) is 16.5. The zero-order chi connectivity index (χ0) is 23.7. The molecule has 1 amide bonds. The second kappa shape index (κ2) is 9.26. The van der Waals surface area contributed by atoms with Crippen LogP contribution in [0, 0.1) is 0 Å². The molecule has 5 heteroatoms. The van der Waals surface area contributed by atoms with Crippen LogP contribution in [0.4, 0.5) is 0 Å². The lowest BCUT2D eigenvalue weighted by molar-refractivity contribution is -0.140. The van der Waals surface area contributed by atoms with Gasteiger partial charge in [0.15, 0.2) is 6.61 Å². The monoisotopic (exact) mass is 452 g/mol. The van der Waals surface area contributed by atoms with E-state index in [1.165, 1.54) is 0 Å². The summed E-state index contributed by atoms with van der Waals surface area (Å²) in [6.45, 7) is 3.86. The fraction of sp³-hybridized carbons (Fsp3) is 0.276. The average Bonchev–Trinajstić information content (AvgIpc) is 2.86. The Morgan fingerprint density at radius 1 is 0.912 bits per heavy atom. The lowest BCUT2D eigenvalue weighted by Crippen LogP contribution is -2.49. The summed E-state index contributed by atoms with van der Waals surface area (Å²) in [4.78, 5) is 32.8. The molecular weight excluding hydrogens is 424 g/mol. The van der Waals surface area contributed by atoms with E-state index in [0.717, 1.165) is 35.6 Å². The number of carbonyl (C=O) groups excluding carboxylic acids is 2. The lowest BCUT2D eigenvalue weighted by Gasteiger charge is -2.38. The van der Waals surface area contributed by atoms with Gasteiger partial charge in [0.25, 0.3) is 5.91 Å². The number of amides is 1. The van der Waals surface area contributed by atoms with E-state index in [-0.39, 0.29) is 24.6 Å². The molecule has 1 fully saturated rings. The minimum Gasteiger partial charge on any atom is -0.452 e. The molecule has 0 saturated carbocycles. The summed E-state index contributed by atoms with van der Waals surface area (Å²) in [5, 5.41) is 2.88. The molecule has 0 aliphatic carbocycles. The van der Waals surface area contributed by atoms with E-state index in [1.54, 1.807) is 6.07 Å². The van der Waals surface area contributed by atoms with Crippen LogP contribution in [-0.4, -0.2) is 40.5 Å². The maximum absolute atomic E-state index is 13.2. The van der Waals surface area contributed by atoms with E-state index >= 15 is 0 Å². The van der Waals surface area contributed by atoms with Crippen LogP contribution in [0.3, 0.4) is 0 Å². The molecule has 172 valence electrons. The summed E-state index contributed by atoms with van der Waals surface area (Å²) < 4.78 is 5.57. The van der Waals surface area contributed by atoms with Crippen molar-refractivity contribution in [1.82, 2.24) is 9.88 Å². The molecule has 1 saturated heterocycles. The van der Waals surface area contributed by atoms with Crippen molar-refractivity contribution >= 4 is 33.6 Å². The molecule has 4 aromatic rings. The van der Waals surface area contributed by atoms with Crippen molar-refractivity contribution in [2.75, 3.05) is 6.61 Å². The smallest absolute Gasteiger partial charge is 0.339 e. The van der Waals surface area contributed by atoms with Crippen LogP contribution in [0.2, 0.25) is 0 Å². The molecular formula is C29H28N2O3. The number of hydrogen-bond acceptors (Lipinski definition) is 4. The van der Waals surface area contributed by atoms with Gasteiger partial charge < -0.3 is 9.64 Å². The Bertz CT molecular complexity index is 1370. The van der Waals surface area contributed by atoms with Crippen LogP contribution in [0.25, 0.3) is 32.9 Å². The van der Waals surface area contributed by atoms with Gasteiger partial charge in [0.2, 0.25) is 0 Å². The van der Waals surface area contributed by atoms with E-state index in [2.05, 4.69) is 32.0 Å². The van der Waals surface area contributed by atoms with Gasteiger partial charge in [0, 0.05) is 23.0 Å². The van der Waals surface area contributed by atoms with Crippen LogP contribution < -0.4 is 0 Å². The Hall–Kier alpha value is -3.73. The molecule has 5 nitrogen and oxygen atoms in total. The fourth-order valence-electron chi connectivity index (χ4n) is 5.12. The number of ether oxygens (including phenoxy) is 1. The molecule has 5 rings (SSSR count). The van der Waals surface area contributed by atoms with E-state index in [0.29, 0.717) is 22.2 Å². The second-order valence-electron chi connectivity index (χ2n) is 9.11. The van der Waals surface area contributed by atoms with Gasteiger partial charge in [0.1, 0.15) is 0 Å². The molecule has 1 aliphatic heterocycles. The molecule has 1 aromatic heterocycles. The van der Waals surface area contributed by atoms with E-state index in [9.17, 15) is 9.59 Å². The van der Waals surface area contributed by atoms with Crippen LogP contribution in [0.1, 0.15) is 43.5 Å². The molecule has 1 aliphatic rings. The normalized spacial score (nSPS) is 18.2. The van der Waals surface area contributed by atoms with Crippen molar-refractivity contribution in [2.24, 2.45) is 0 Å². The number of esters is 1. The van der Waals surface area contributed by atoms with Crippen molar-refractivity contribution < 1.29 is 14.3 Å². The van der Waals surface area contributed by atoms with Crippen LogP contribution in [-0.2, 0) is 9.53 Å². The van der Waals surface area contributed by atoms with E-state index in [1.807, 2.05) is 53.4 Å². The van der Waals surface area contributed by atoms with E-state index < -0.39 is 5.97 Å². The molecule has 0 radical (unpaired) electrons. The summed E-state index contributed by atoms with van der Waals surface area (Å²) in [6, 6.07) is 23.8. The predicted molar refractivity (Wildman–Crippen MR) is 135 cm³/mol. The Morgan fingerprint density at radius 3 is 2.38 bits per heavy atom. The van der Waals surface area contributed by atoms with Gasteiger partial charge in [-0.3, -0.25) is 4.79 Å². The summed E-state index contributed by atoms with van der Waals surface area (Å²) in [5.74, 6) is -0.647. The number of hydrogen-bond donors (Lipinski definition) is 0. The minimum absolute atomic E-state index is 0.138. The molecule has 3 aromatic carbocycles. The number of benzene rings is 3. The summed E-state index contributed by atoms with van der Waals surface area (Å²) in [7, 11) is 0. The van der Waals surface area contributed by atoms with Gasteiger partial charge in [-0.2, -0.15) is 0 Å². The highest BCUT2D eigenvalue weighted by Crippen LogP contribution is 2.31. The highest BCUT2D eigenvalue weighted by Gasteiger charge is 2.29. The maximum atomic E-state index is 13.2. The fourth-order valence-corrected chi connectivity index (χ4v) is 5.12. The number of fused-ring (bicyclic) bond motifs is 2. The zero-order valence-electron chi connectivity index (χ0n) is 19.5. The Kier molecular flexibility index (Phi) is 6.01. The molecule has 2 heterocycles. The van der Waals surface area contributed by atoms with Crippen molar-refractivity contribution in [3.8, 4) is 11.3 Å². The summed E-state index contributed by atoms with van der Waals surface area (Å²) >= 11 is 0. The lowest BCUT2D eigenvalue weighted by atomic mass is 9.97. The van der Waals surface area contributed by atoms with Gasteiger partial charge in [-0.05, 0) is 56.0 Å². The number of aromatic nitrogens is 1. The SMILES string of the molecule is C[C@@H]1CCC[C@@H](C)N1C(=O)COC(=O)c1cc(-c2cccc3ccccc23)nc2ccccc12. The number of nitrogens with zero attached hydrogens (tertiary/aromatic N) is 2. The van der Waals surface area contributed by atoms with Gasteiger partial charge in [-0.1, -0.05) is 60.7 Å². The minimum atomic E-state index is -0.509. The summed E-state index contributed by atoms with van der Waals surface area (Å²) in [6.07, 6.45) is 3.08. The zero-order valence-corrected chi connectivity index (χ0v) is 19.5. The Balaban J connectivity index is 1.48. The third-order valence-corrected chi connectivity index (χ3v) is 6.81. The van der Waals surface area contributed by atoms with Gasteiger partial charge in [0.05, 0.1) is 16.8 Å². The molecule has 34 heavy (non-hydrogen) atoms. The topological polar surface area (TPSA) is 59.5 Å². The van der Waals surface area contributed by atoms with Gasteiger partial charge in [-0.15, -0.1) is 0 Å². The van der Waals surface area contributed by atoms with Crippen molar-refractivity contribution in [1.29, 1.82) is 0 Å². The second-order valence-corrected chi connectivity index (χ2v) is 9.11. The quantitative estimate of drug-likeness (QED) is 0.356. The van der Waals surface area contributed by atoms with Gasteiger partial charge in [-0.25, -0.2) is 9.78 Å². The number of rotatable bonds is 4. The molecule has 0 spiro atoms. The molecule has 0 bridgehead atoms. The number of piperidine rings is 1.